The van der Waals surface area contributed by atoms with Gasteiger partial charge in [0.15, 0.2) is 11.5 Å². The van der Waals surface area contributed by atoms with Gasteiger partial charge in [-0.05, 0) is 37.5 Å². The number of unbranched alkanes of at least 4 members (excludes halogenated alkanes) is 1. The highest BCUT2D eigenvalue weighted by atomic mass is 79.9. The Bertz CT molecular complexity index is 861. The molecule has 1 N–H and O–H groups in total. The Morgan fingerprint density at radius 3 is 3.00 bits per heavy atom. The van der Waals surface area contributed by atoms with Gasteiger partial charge in [-0.3, -0.25) is 4.84 Å². The Balaban J connectivity index is 1.64. The van der Waals surface area contributed by atoms with Crippen LogP contribution in [0.15, 0.2) is 22.7 Å². The maximum atomic E-state index is 12.2. The molecule has 0 saturated carbocycles. The molecule has 1 spiro atoms. The summed E-state index contributed by atoms with van der Waals surface area (Å²) in [5.41, 5.74) is 2.02. The van der Waals surface area contributed by atoms with E-state index in [9.17, 15) is 4.79 Å². The van der Waals surface area contributed by atoms with E-state index in [1.54, 1.807) is 7.11 Å². The molecule has 0 bridgehead atoms. The van der Waals surface area contributed by atoms with Crippen molar-refractivity contribution in [3.63, 3.8) is 0 Å². The summed E-state index contributed by atoms with van der Waals surface area (Å²) in [6.07, 6.45) is 6.78. The summed E-state index contributed by atoms with van der Waals surface area (Å²) in [4.78, 5) is 18.0. The van der Waals surface area contributed by atoms with Crippen molar-refractivity contribution in [2.75, 3.05) is 26.8 Å². The minimum absolute atomic E-state index is 0.135. The number of hydroxylamine groups is 2. The number of carbonyl (C=O) groups is 1. The van der Waals surface area contributed by atoms with E-state index in [1.165, 1.54) is 0 Å². The molecule has 1 unspecified atom stereocenters. The Morgan fingerprint density at radius 2 is 2.26 bits per heavy atom. The van der Waals surface area contributed by atoms with Crippen LogP contribution in [0.4, 0.5) is 4.79 Å². The average molecular weight is 495 g/mol. The molecule has 0 saturated heterocycles. The van der Waals surface area contributed by atoms with Crippen LogP contribution in [0.1, 0.15) is 50.7 Å². The number of benzene rings is 1. The lowest BCUT2D eigenvalue weighted by Crippen LogP contribution is -2.44. The number of nitrogens with zero attached hydrogens (tertiary/aromatic N) is 1. The van der Waals surface area contributed by atoms with Crippen LogP contribution in [0.2, 0.25) is 0 Å². The lowest BCUT2D eigenvalue weighted by atomic mass is 9.69. The van der Waals surface area contributed by atoms with Crippen LogP contribution < -0.4 is 14.8 Å². The normalized spacial score (nSPS) is 26.5. The second kappa shape index (κ2) is 9.38. The van der Waals surface area contributed by atoms with Gasteiger partial charge < -0.3 is 19.5 Å². The summed E-state index contributed by atoms with van der Waals surface area (Å²) in [5, 5.41) is 4.84. The topological polar surface area (TPSA) is 69.3 Å². The summed E-state index contributed by atoms with van der Waals surface area (Å²) < 4.78 is 18.8. The maximum Gasteiger partial charge on any atom is 0.407 e. The van der Waals surface area contributed by atoms with Gasteiger partial charge in [-0.25, -0.2) is 4.79 Å². The number of amides is 1. The lowest BCUT2D eigenvalue weighted by molar-refractivity contribution is -0.163. The van der Waals surface area contributed by atoms with E-state index >= 15 is 0 Å². The second-order valence-corrected chi connectivity index (χ2v) is 9.09. The van der Waals surface area contributed by atoms with Crippen LogP contribution in [0.5, 0.6) is 11.5 Å². The van der Waals surface area contributed by atoms with Crippen LogP contribution in [-0.2, 0) is 21.5 Å². The van der Waals surface area contributed by atoms with E-state index < -0.39 is 0 Å². The number of rotatable bonds is 7. The number of alkyl carbamates (subject to hydrolysis) is 1. The molecule has 8 heteroatoms. The van der Waals surface area contributed by atoms with Gasteiger partial charge in [0, 0.05) is 29.5 Å². The SMILES string of the molecule is CCCCNC(=O)O[C@H]1C=CC23CCN(OCC)Cc4c(Br)cc(OC)c(c42)O[C@H]3C1. The molecule has 1 aromatic carbocycles. The molecule has 170 valence electrons. The van der Waals surface area contributed by atoms with Gasteiger partial charge >= 0.3 is 6.09 Å². The van der Waals surface area contributed by atoms with Crippen LogP contribution in [0.25, 0.3) is 0 Å². The molecule has 31 heavy (non-hydrogen) atoms. The zero-order valence-electron chi connectivity index (χ0n) is 18.4. The number of hydrogen-bond acceptors (Lipinski definition) is 6. The van der Waals surface area contributed by atoms with Crippen molar-refractivity contribution in [1.82, 2.24) is 10.4 Å². The molecule has 0 fully saturated rings. The quantitative estimate of drug-likeness (QED) is 0.445. The number of ether oxygens (including phenoxy) is 3. The first-order valence-corrected chi connectivity index (χ1v) is 11.9. The Labute approximate surface area is 192 Å². The third kappa shape index (κ3) is 4.17. The van der Waals surface area contributed by atoms with Crippen molar-refractivity contribution in [1.29, 1.82) is 0 Å². The van der Waals surface area contributed by atoms with Crippen LogP contribution in [0, 0.1) is 0 Å². The standard InChI is InChI=1S/C23H31BrN2O5/c1-4-6-10-25-22(27)30-15-7-8-23-9-11-26(29-5-2)14-16-17(24)13-18(28-3)21(20(16)23)31-19(23)12-15/h7-8,13,15,19H,4-6,9-12,14H2,1-3H3,(H,25,27)/t15-,19-,23?/m0/s1. The van der Waals surface area contributed by atoms with Crippen LogP contribution >= 0.6 is 15.9 Å². The molecular formula is C23H31BrN2O5. The number of carbonyl (C=O) groups excluding carboxylic acids is 1. The largest absolute Gasteiger partial charge is 0.493 e. The summed E-state index contributed by atoms with van der Waals surface area (Å²) in [6.45, 7) is 6.80. The molecule has 3 aliphatic rings. The molecular weight excluding hydrogens is 464 g/mol. The second-order valence-electron chi connectivity index (χ2n) is 8.24. The highest BCUT2D eigenvalue weighted by Gasteiger charge is 2.54. The molecule has 1 amide bonds. The van der Waals surface area contributed by atoms with E-state index in [-0.39, 0.29) is 23.7 Å². The van der Waals surface area contributed by atoms with E-state index in [0.717, 1.165) is 47.2 Å². The first-order valence-electron chi connectivity index (χ1n) is 11.1. The highest BCUT2D eigenvalue weighted by molar-refractivity contribution is 9.10. The Kier molecular flexibility index (Phi) is 6.79. The molecule has 1 aromatic rings. The van der Waals surface area contributed by atoms with Gasteiger partial charge in [-0.1, -0.05) is 35.4 Å². The predicted octanol–water partition coefficient (Wildman–Crippen LogP) is 4.47. The Hall–Kier alpha value is -1.77. The van der Waals surface area contributed by atoms with Gasteiger partial charge in [0.05, 0.1) is 25.7 Å². The van der Waals surface area contributed by atoms with Crippen molar-refractivity contribution in [3.05, 3.63) is 33.8 Å². The van der Waals surface area contributed by atoms with Crippen molar-refractivity contribution >= 4 is 22.0 Å². The third-order valence-corrected chi connectivity index (χ3v) is 7.06. The van der Waals surface area contributed by atoms with Gasteiger partial charge in [0.2, 0.25) is 0 Å². The monoisotopic (exact) mass is 494 g/mol. The minimum atomic E-state index is -0.376. The fourth-order valence-electron chi connectivity index (χ4n) is 4.85. The van der Waals surface area contributed by atoms with E-state index in [4.69, 9.17) is 19.0 Å². The maximum absolute atomic E-state index is 12.2. The molecule has 0 radical (unpaired) electrons. The molecule has 0 aromatic heterocycles. The van der Waals surface area contributed by atoms with Gasteiger partial charge in [0.1, 0.15) is 12.2 Å². The van der Waals surface area contributed by atoms with E-state index in [2.05, 4.69) is 34.2 Å². The molecule has 4 rings (SSSR count). The van der Waals surface area contributed by atoms with Crippen molar-refractivity contribution in [3.8, 4) is 11.5 Å². The van der Waals surface area contributed by atoms with Crippen molar-refractivity contribution in [2.45, 2.75) is 63.7 Å². The lowest BCUT2D eigenvalue weighted by Gasteiger charge is -2.36. The first kappa shape index (κ1) is 22.4. The summed E-state index contributed by atoms with van der Waals surface area (Å²) in [7, 11) is 1.66. The van der Waals surface area contributed by atoms with Crippen LogP contribution in [-0.4, -0.2) is 50.2 Å². The van der Waals surface area contributed by atoms with E-state index in [0.29, 0.717) is 31.9 Å². The fourth-order valence-corrected chi connectivity index (χ4v) is 5.38. The number of hydrogen-bond donors (Lipinski definition) is 1. The zero-order valence-corrected chi connectivity index (χ0v) is 20.0. The van der Waals surface area contributed by atoms with E-state index in [1.807, 2.05) is 24.1 Å². The molecule has 7 nitrogen and oxygen atoms in total. The zero-order chi connectivity index (χ0) is 22.0. The fraction of sp³-hybridized carbons (Fsp3) is 0.609. The Morgan fingerprint density at radius 1 is 1.42 bits per heavy atom. The number of methoxy groups -OCH3 is 1. The smallest absolute Gasteiger partial charge is 0.407 e. The summed E-state index contributed by atoms with van der Waals surface area (Å²) in [6, 6.07) is 1.97. The molecule has 2 aliphatic heterocycles. The highest BCUT2D eigenvalue weighted by Crippen LogP contribution is 2.57. The van der Waals surface area contributed by atoms with Gasteiger partial charge in [-0.15, -0.1) is 0 Å². The number of halogens is 1. The first-order chi connectivity index (χ1) is 15.0. The molecule has 3 atom stereocenters. The predicted molar refractivity (Wildman–Crippen MR) is 120 cm³/mol. The van der Waals surface area contributed by atoms with Gasteiger partial charge in [0.25, 0.3) is 0 Å². The van der Waals surface area contributed by atoms with Crippen molar-refractivity contribution < 1.29 is 23.8 Å². The molecule has 1 aliphatic carbocycles. The summed E-state index contributed by atoms with van der Waals surface area (Å²) >= 11 is 3.74. The van der Waals surface area contributed by atoms with Crippen molar-refractivity contribution in [2.24, 2.45) is 0 Å². The van der Waals surface area contributed by atoms with Crippen LogP contribution in [0.3, 0.4) is 0 Å². The average Bonchev–Trinajstić information content (AvgIpc) is 2.99. The third-order valence-electron chi connectivity index (χ3n) is 6.35. The number of nitrogens with one attached hydrogen (secondary N) is 1. The van der Waals surface area contributed by atoms with Gasteiger partial charge in [-0.2, -0.15) is 5.06 Å². The minimum Gasteiger partial charge on any atom is -0.493 e. The molecule has 2 heterocycles. The summed E-state index contributed by atoms with van der Waals surface area (Å²) in [5.74, 6) is 1.51.